The van der Waals surface area contributed by atoms with Crippen molar-refractivity contribution < 1.29 is 14.3 Å². The molecule has 31 heavy (non-hydrogen) atoms. The standard InChI is InChI=1S/C24H24BrN3O3/c1-3-31-23(29)11-13-28(16-18-6-5-12-26-15-18)24(30)21-9-10-22(27-17(21)2)19-7-4-8-20(25)14-19/h4-10,12,14-15H,3,11,13,16H2,1-2H3. The summed E-state index contributed by atoms with van der Waals surface area (Å²) in [6, 6.07) is 15.2. The third-order valence-electron chi connectivity index (χ3n) is 4.71. The molecule has 0 saturated heterocycles. The molecule has 1 amide bonds. The van der Waals surface area contributed by atoms with Crippen LogP contribution in [0.2, 0.25) is 0 Å². The summed E-state index contributed by atoms with van der Waals surface area (Å²) >= 11 is 3.47. The zero-order valence-electron chi connectivity index (χ0n) is 17.5. The fraction of sp³-hybridized carbons (Fsp3) is 0.250. The second kappa shape index (κ2) is 10.8. The molecule has 3 aromatic rings. The number of nitrogens with zero attached hydrogens (tertiary/aromatic N) is 3. The molecule has 3 rings (SSSR count). The minimum atomic E-state index is -0.327. The highest BCUT2D eigenvalue weighted by Crippen LogP contribution is 2.23. The first kappa shape index (κ1) is 22.6. The summed E-state index contributed by atoms with van der Waals surface area (Å²) in [6.45, 7) is 4.49. The normalized spacial score (nSPS) is 10.5. The molecule has 0 spiro atoms. The summed E-state index contributed by atoms with van der Waals surface area (Å²) in [4.78, 5) is 35.6. The highest BCUT2D eigenvalue weighted by Gasteiger charge is 2.20. The molecule has 0 aliphatic rings. The van der Waals surface area contributed by atoms with E-state index in [0.29, 0.717) is 24.4 Å². The van der Waals surface area contributed by atoms with Gasteiger partial charge >= 0.3 is 5.97 Å². The zero-order chi connectivity index (χ0) is 22.2. The molecule has 0 radical (unpaired) electrons. The van der Waals surface area contributed by atoms with E-state index in [1.807, 2.05) is 49.4 Å². The highest BCUT2D eigenvalue weighted by atomic mass is 79.9. The molecule has 2 heterocycles. The van der Waals surface area contributed by atoms with Crippen LogP contribution in [0.1, 0.15) is 35.0 Å². The second-order valence-corrected chi connectivity index (χ2v) is 7.90. The third-order valence-corrected chi connectivity index (χ3v) is 5.20. The van der Waals surface area contributed by atoms with Crippen molar-refractivity contribution >= 4 is 27.8 Å². The Bertz CT molecular complexity index is 1060. The van der Waals surface area contributed by atoms with E-state index in [4.69, 9.17) is 4.74 Å². The van der Waals surface area contributed by atoms with Crippen molar-refractivity contribution in [2.75, 3.05) is 13.2 Å². The van der Waals surface area contributed by atoms with Gasteiger partial charge in [0.2, 0.25) is 0 Å². The molecular formula is C24H24BrN3O3. The van der Waals surface area contributed by atoms with Gasteiger partial charge in [0.15, 0.2) is 0 Å². The van der Waals surface area contributed by atoms with Crippen LogP contribution in [0.5, 0.6) is 0 Å². The van der Waals surface area contributed by atoms with E-state index in [1.54, 1.807) is 30.3 Å². The number of halogens is 1. The number of ether oxygens (including phenoxy) is 1. The molecule has 0 bridgehead atoms. The molecule has 0 aliphatic carbocycles. The minimum absolute atomic E-state index is 0.127. The summed E-state index contributed by atoms with van der Waals surface area (Å²) in [6.07, 6.45) is 3.53. The van der Waals surface area contributed by atoms with Gasteiger partial charge in [-0.15, -0.1) is 0 Å². The number of esters is 1. The van der Waals surface area contributed by atoms with Crippen molar-refractivity contribution in [3.05, 3.63) is 82.2 Å². The van der Waals surface area contributed by atoms with Gasteiger partial charge in [-0.25, -0.2) is 0 Å². The molecule has 6 nitrogen and oxygen atoms in total. The summed E-state index contributed by atoms with van der Waals surface area (Å²) in [5.41, 5.74) is 3.78. The van der Waals surface area contributed by atoms with Gasteiger partial charge in [-0.3, -0.25) is 19.6 Å². The van der Waals surface area contributed by atoms with Crippen LogP contribution in [0, 0.1) is 6.92 Å². The number of rotatable bonds is 8. The largest absolute Gasteiger partial charge is 0.466 e. The van der Waals surface area contributed by atoms with Crippen LogP contribution >= 0.6 is 15.9 Å². The number of aromatic nitrogens is 2. The first-order chi connectivity index (χ1) is 15.0. The van der Waals surface area contributed by atoms with Crippen molar-refractivity contribution in [1.82, 2.24) is 14.9 Å². The van der Waals surface area contributed by atoms with Gasteiger partial charge in [0.05, 0.1) is 30.0 Å². The molecule has 0 saturated carbocycles. The van der Waals surface area contributed by atoms with Crippen molar-refractivity contribution in [3.8, 4) is 11.3 Å². The van der Waals surface area contributed by atoms with E-state index < -0.39 is 0 Å². The number of hydrogen-bond donors (Lipinski definition) is 0. The van der Waals surface area contributed by atoms with Crippen molar-refractivity contribution in [2.24, 2.45) is 0 Å². The predicted octanol–water partition coefficient (Wildman–Crippen LogP) is 4.81. The van der Waals surface area contributed by atoms with Gasteiger partial charge in [-0.05, 0) is 49.7 Å². The van der Waals surface area contributed by atoms with E-state index in [9.17, 15) is 9.59 Å². The fourth-order valence-electron chi connectivity index (χ4n) is 3.19. The Hall–Kier alpha value is -3.06. The Labute approximate surface area is 190 Å². The smallest absolute Gasteiger partial charge is 0.307 e. The topological polar surface area (TPSA) is 72.4 Å². The molecule has 0 unspecified atom stereocenters. The third kappa shape index (κ3) is 6.21. The van der Waals surface area contributed by atoms with E-state index in [1.165, 1.54) is 0 Å². The zero-order valence-corrected chi connectivity index (χ0v) is 19.1. The van der Waals surface area contributed by atoms with E-state index in [-0.39, 0.29) is 24.8 Å². The lowest BCUT2D eigenvalue weighted by Gasteiger charge is -2.23. The minimum Gasteiger partial charge on any atom is -0.466 e. The summed E-state index contributed by atoms with van der Waals surface area (Å²) in [7, 11) is 0. The van der Waals surface area contributed by atoms with Gasteiger partial charge in [0.1, 0.15) is 0 Å². The Morgan fingerprint density at radius 3 is 2.65 bits per heavy atom. The Kier molecular flexibility index (Phi) is 7.89. The maximum Gasteiger partial charge on any atom is 0.307 e. The molecule has 0 N–H and O–H groups in total. The molecule has 0 aliphatic heterocycles. The monoisotopic (exact) mass is 481 g/mol. The molecule has 0 fully saturated rings. The average Bonchev–Trinajstić information content (AvgIpc) is 2.77. The lowest BCUT2D eigenvalue weighted by Crippen LogP contribution is -2.33. The fourth-order valence-corrected chi connectivity index (χ4v) is 3.59. The number of benzene rings is 1. The Balaban J connectivity index is 1.84. The van der Waals surface area contributed by atoms with Crippen molar-refractivity contribution in [2.45, 2.75) is 26.8 Å². The van der Waals surface area contributed by atoms with Crippen LogP contribution in [0.4, 0.5) is 0 Å². The number of amides is 1. The van der Waals surface area contributed by atoms with Crippen LogP contribution in [-0.2, 0) is 16.1 Å². The maximum atomic E-state index is 13.3. The van der Waals surface area contributed by atoms with Gasteiger partial charge < -0.3 is 9.64 Å². The summed E-state index contributed by atoms with van der Waals surface area (Å²) < 4.78 is 5.98. The maximum absolute atomic E-state index is 13.3. The van der Waals surface area contributed by atoms with Gasteiger partial charge in [-0.1, -0.05) is 34.1 Å². The van der Waals surface area contributed by atoms with Gasteiger partial charge in [0.25, 0.3) is 5.91 Å². The molecule has 7 heteroatoms. The lowest BCUT2D eigenvalue weighted by atomic mass is 10.1. The SMILES string of the molecule is CCOC(=O)CCN(Cc1cccnc1)C(=O)c1ccc(-c2cccc(Br)c2)nc1C. The Morgan fingerprint density at radius 2 is 1.97 bits per heavy atom. The number of carbonyl (C=O) groups is 2. The number of aryl methyl sites for hydroxylation is 1. The molecule has 2 aromatic heterocycles. The summed E-state index contributed by atoms with van der Waals surface area (Å²) in [5, 5.41) is 0. The average molecular weight is 482 g/mol. The second-order valence-electron chi connectivity index (χ2n) is 6.98. The number of carbonyl (C=O) groups excluding carboxylic acids is 2. The number of pyridine rings is 2. The van der Waals surface area contributed by atoms with Crippen LogP contribution in [0.3, 0.4) is 0 Å². The van der Waals surface area contributed by atoms with Crippen LogP contribution in [0.15, 0.2) is 65.4 Å². The van der Waals surface area contributed by atoms with Gasteiger partial charge in [-0.2, -0.15) is 0 Å². The van der Waals surface area contributed by atoms with Crippen LogP contribution < -0.4 is 0 Å². The van der Waals surface area contributed by atoms with Gasteiger partial charge in [0, 0.05) is 35.5 Å². The highest BCUT2D eigenvalue weighted by molar-refractivity contribution is 9.10. The van der Waals surface area contributed by atoms with Crippen molar-refractivity contribution in [3.63, 3.8) is 0 Å². The van der Waals surface area contributed by atoms with E-state index in [2.05, 4.69) is 25.9 Å². The van der Waals surface area contributed by atoms with Crippen molar-refractivity contribution in [1.29, 1.82) is 0 Å². The van der Waals surface area contributed by atoms with Crippen LogP contribution in [-0.4, -0.2) is 39.9 Å². The summed E-state index contributed by atoms with van der Waals surface area (Å²) in [5.74, 6) is -0.509. The first-order valence-electron chi connectivity index (χ1n) is 10.0. The Morgan fingerprint density at radius 1 is 1.13 bits per heavy atom. The molecule has 1 aromatic carbocycles. The van der Waals surface area contributed by atoms with E-state index in [0.717, 1.165) is 21.3 Å². The quantitative estimate of drug-likeness (QED) is 0.431. The number of hydrogen-bond acceptors (Lipinski definition) is 5. The molecule has 160 valence electrons. The predicted molar refractivity (Wildman–Crippen MR) is 122 cm³/mol. The molecular weight excluding hydrogens is 458 g/mol. The lowest BCUT2D eigenvalue weighted by molar-refractivity contribution is -0.143. The van der Waals surface area contributed by atoms with Crippen LogP contribution in [0.25, 0.3) is 11.3 Å². The van der Waals surface area contributed by atoms with E-state index >= 15 is 0 Å². The first-order valence-corrected chi connectivity index (χ1v) is 10.8. The molecule has 0 atom stereocenters.